The second kappa shape index (κ2) is 4.94. The molecule has 0 spiro atoms. The van der Waals surface area contributed by atoms with Gasteiger partial charge in [-0.1, -0.05) is 6.92 Å². The van der Waals surface area contributed by atoms with E-state index in [1.54, 1.807) is 0 Å². The lowest BCUT2D eigenvalue weighted by Crippen LogP contribution is -2.47. The van der Waals surface area contributed by atoms with Crippen LogP contribution < -0.4 is 10.6 Å². The van der Waals surface area contributed by atoms with Crippen LogP contribution in [-0.2, 0) is 0 Å². The Morgan fingerprint density at radius 3 is 2.46 bits per heavy atom. The van der Waals surface area contributed by atoms with E-state index in [1.165, 1.54) is 23.9 Å². The molecule has 0 saturated heterocycles. The van der Waals surface area contributed by atoms with Crippen LogP contribution >= 0.6 is 0 Å². The summed E-state index contributed by atoms with van der Waals surface area (Å²) in [5.74, 6) is 0. The molecule has 0 bridgehead atoms. The molecule has 2 N–H and O–H groups in total. The number of rotatable bonds is 7. The van der Waals surface area contributed by atoms with Gasteiger partial charge >= 0.3 is 0 Å². The lowest BCUT2D eigenvalue weighted by atomic mass is 10.4. The van der Waals surface area contributed by atoms with E-state index in [9.17, 15) is 0 Å². The highest BCUT2D eigenvalue weighted by molar-refractivity contribution is 4.73. The molecule has 78 valence electrons. The second-order valence-electron chi connectivity index (χ2n) is 4.51. The zero-order valence-corrected chi connectivity index (χ0v) is 9.27. The van der Waals surface area contributed by atoms with Gasteiger partial charge in [0.1, 0.15) is 0 Å². The second-order valence-corrected chi connectivity index (χ2v) is 4.51. The van der Waals surface area contributed by atoms with E-state index in [2.05, 4.69) is 31.7 Å². The summed E-state index contributed by atoms with van der Waals surface area (Å²) >= 11 is 0. The molecule has 0 amide bonds. The Bertz CT molecular complexity index is 141. The average molecular weight is 186 g/mol. The summed E-state index contributed by atoms with van der Waals surface area (Å²) in [6.07, 6.45) is 2.86. The van der Waals surface area contributed by atoms with Gasteiger partial charge in [0.15, 0.2) is 0 Å². The summed E-state index contributed by atoms with van der Waals surface area (Å²) in [4.78, 5) is 0. The largest absolute Gasteiger partial charge is 0.325 e. The number of likely N-dealkylation sites (N-methyl/N-ethyl adjacent to an activating group) is 1. The highest BCUT2D eigenvalue weighted by Gasteiger charge is 2.37. The van der Waals surface area contributed by atoms with Gasteiger partial charge in [0, 0.05) is 26.1 Å². The molecule has 0 atom stereocenters. The first-order valence-corrected chi connectivity index (χ1v) is 5.41. The maximum atomic E-state index is 3.40. The summed E-state index contributed by atoms with van der Waals surface area (Å²) in [5.41, 5.74) is 0. The Balaban J connectivity index is 1.97. The summed E-state index contributed by atoms with van der Waals surface area (Å²) < 4.78 is 1.19. The highest BCUT2D eigenvalue weighted by Crippen LogP contribution is 2.29. The molecule has 0 aliphatic heterocycles. The van der Waals surface area contributed by atoms with E-state index in [4.69, 9.17) is 0 Å². The molecule has 1 rings (SSSR count). The van der Waals surface area contributed by atoms with Crippen molar-refractivity contribution < 1.29 is 4.48 Å². The van der Waals surface area contributed by atoms with Crippen molar-refractivity contribution in [1.29, 1.82) is 0 Å². The molecule has 1 saturated carbocycles. The predicted octanol–water partition coefficient (Wildman–Crippen LogP) is 0.382. The van der Waals surface area contributed by atoms with E-state index in [-0.39, 0.29) is 0 Å². The lowest BCUT2D eigenvalue weighted by molar-refractivity contribution is -0.900. The Hall–Kier alpha value is -0.120. The van der Waals surface area contributed by atoms with Crippen molar-refractivity contribution in [3.63, 3.8) is 0 Å². The summed E-state index contributed by atoms with van der Waals surface area (Å²) in [7, 11) is 4.68. The van der Waals surface area contributed by atoms with Gasteiger partial charge in [0.05, 0.1) is 26.7 Å². The van der Waals surface area contributed by atoms with E-state index in [0.717, 1.165) is 25.8 Å². The molecule has 3 nitrogen and oxygen atoms in total. The van der Waals surface area contributed by atoms with Gasteiger partial charge in [-0.25, -0.2) is 0 Å². The number of hydrogen-bond acceptors (Lipinski definition) is 2. The Morgan fingerprint density at radius 2 is 1.92 bits per heavy atom. The maximum absolute atomic E-state index is 3.40. The van der Waals surface area contributed by atoms with Crippen LogP contribution in [0.4, 0.5) is 0 Å². The molecular formula is C10H24N3+. The van der Waals surface area contributed by atoms with Gasteiger partial charge in [-0.15, -0.1) is 0 Å². The third-order valence-corrected chi connectivity index (χ3v) is 2.90. The van der Waals surface area contributed by atoms with E-state index >= 15 is 0 Å². The molecule has 0 aromatic rings. The third-order valence-electron chi connectivity index (χ3n) is 2.90. The normalized spacial score (nSPS) is 17.8. The number of hydrogen-bond donors (Lipinski definition) is 2. The van der Waals surface area contributed by atoms with E-state index < -0.39 is 0 Å². The highest BCUT2D eigenvalue weighted by atomic mass is 15.4. The SMILES string of the molecule is CCNCNCC[N+](C)(C)C1CC1. The first-order chi connectivity index (χ1) is 6.17. The van der Waals surface area contributed by atoms with Gasteiger partial charge < -0.3 is 9.80 Å². The van der Waals surface area contributed by atoms with E-state index in [0.29, 0.717) is 0 Å². The summed E-state index contributed by atoms with van der Waals surface area (Å²) in [5, 5.41) is 6.66. The van der Waals surface area contributed by atoms with Crippen molar-refractivity contribution in [2.75, 3.05) is 40.4 Å². The molecule has 13 heavy (non-hydrogen) atoms. The minimum absolute atomic E-state index is 0.945. The van der Waals surface area contributed by atoms with Crippen molar-refractivity contribution in [2.45, 2.75) is 25.8 Å². The van der Waals surface area contributed by atoms with Crippen LogP contribution in [0.25, 0.3) is 0 Å². The zero-order chi connectivity index (χ0) is 9.73. The summed E-state index contributed by atoms with van der Waals surface area (Å²) in [6.45, 7) is 6.49. The standard InChI is InChI=1S/C10H24N3/c1-4-11-9-12-7-8-13(2,3)10-5-6-10/h10-12H,4-9H2,1-3H3/q+1. The van der Waals surface area contributed by atoms with Crippen LogP contribution in [0.5, 0.6) is 0 Å². The van der Waals surface area contributed by atoms with Crippen LogP contribution in [0, 0.1) is 0 Å². The van der Waals surface area contributed by atoms with E-state index in [1.807, 2.05) is 0 Å². The topological polar surface area (TPSA) is 24.1 Å². The molecule has 0 radical (unpaired) electrons. The molecule has 0 aromatic heterocycles. The van der Waals surface area contributed by atoms with Gasteiger partial charge in [-0.05, 0) is 6.54 Å². The van der Waals surface area contributed by atoms with Gasteiger partial charge in [0.2, 0.25) is 0 Å². The minimum atomic E-state index is 0.945. The zero-order valence-electron chi connectivity index (χ0n) is 9.27. The molecule has 0 unspecified atom stereocenters. The van der Waals surface area contributed by atoms with Gasteiger partial charge in [-0.2, -0.15) is 0 Å². The van der Waals surface area contributed by atoms with Crippen molar-refractivity contribution >= 4 is 0 Å². The third kappa shape index (κ3) is 4.07. The van der Waals surface area contributed by atoms with Crippen LogP contribution in [0.15, 0.2) is 0 Å². The smallest absolute Gasteiger partial charge is 0.0911 e. The average Bonchev–Trinajstić information content (AvgIpc) is 2.86. The minimum Gasteiger partial charge on any atom is -0.325 e. The molecule has 0 heterocycles. The number of nitrogens with zero attached hydrogens (tertiary/aromatic N) is 1. The molecular weight excluding hydrogens is 162 g/mol. The fraction of sp³-hybridized carbons (Fsp3) is 1.00. The molecule has 1 fully saturated rings. The van der Waals surface area contributed by atoms with Crippen LogP contribution in [0.1, 0.15) is 19.8 Å². The van der Waals surface area contributed by atoms with Crippen LogP contribution in [0.2, 0.25) is 0 Å². The molecule has 1 aliphatic rings. The monoisotopic (exact) mass is 186 g/mol. The first-order valence-electron chi connectivity index (χ1n) is 5.41. The van der Waals surface area contributed by atoms with Crippen LogP contribution in [-0.4, -0.2) is 50.9 Å². The Morgan fingerprint density at radius 1 is 1.23 bits per heavy atom. The molecule has 0 aromatic carbocycles. The van der Waals surface area contributed by atoms with Crippen molar-refractivity contribution in [3.8, 4) is 0 Å². The van der Waals surface area contributed by atoms with Gasteiger partial charge in [0.25, 0.3) is 0 Å². The van der Waals surface area contributed by atoms with Crippen molar-refractivity contribution in [1.82, 2.24) is 10.6 Å². The predicted molar refractivity (Wildman–Crippen MR) is 56.5 cm³/mol. The van der Waals surface area contributed by atoms with Gasteiger partial charge in [-0.3, -0.25) is 5.32 Å². The van der Waals surface area contributed by atoms with Crippen LogP contribution in [0.3, 0.4) is 0 Å². The lowest BCUT2D eigenvalue weighted by Gasteiger charge is -2.30. The quantitative estimate of drug-likeness (QED) is 0.341. The Labute approximate surface area is 82.1 Å². The fourth-order valence-electron chi connectivity index (χ4n) is 1.63. The molecule has 1 aliphatic carbocycles. The van der Waals surface area contributed by atoms with Crippen molar-refractivity contribution in [3.05, 3.63) is 0 Å². The molecule has 3 heteroatoms. The van der Waals surface area contributed by atoms with Crippen molar-refractivity contribution in [2.24, 2.45) is 0 Å². The number of nitrogens with one attached hydrogen (secondary N) is 2. The fourth-order valence-corrected chi connectivity index (χ4v) is 1.63. The first kappa shape index (κ1) is 11.0. The maximum Gasteiger partial charge on any atom is 0.0911 e. The Kier molecular flexibility index (Phi) is 4.16. The number of quaternary nitrogens is 1. The summed E-state index contributed by atoms with van der Waals surface area (Å²) in [6, 6.07) is 0.945.